The molecule has 3 aliphatic rings. The SMILES string of the molecule is CC(C)(C)c1cc(CN2C(=[N+]3CC[N+](=C4N(Cc5cc(C(C)(C)C)cc(C(C)(C)C)c5)[C@H](c5ccccc5)[C@@H](c5ccccc5)N4Cc4cc(C(C)(C)C)cc(C(C)(C)C)c4)CC3)N(Cc3cc(C(C)(C)C)cc(C(C)(C)C)c3)[C@H](c3ccccc3)[C@H]2c2ccccc2)cc(C(C)(C)C)c1.Cl. The summed E-state index contributed by atoms with van der Waals surface area (Å²) in [6.45, 7) is 63.6. The summed E-state index contributed by atoms with van der Waals surface area (Å²) < 4.78 is 5.68. The largest absolute Gasteiger partial charge is 0.352 e. The van der Waals surface area contributed by atoms with Crippen LogP contribution in [0.25, 0.3) is 0 Å². The minimum absolute atomic E-state index is 0. The van der Waals surface area contributed by atoms with Gasteiger partial charge in [-0.1, -0.05) is 360 Å². The van der Waals surface area contributed by atoms with Gasteiger partial charge in [0.1, 0.15) is 24.2 Å². The molecule has 0 unspecified atom stereocenters. The van der Waals surface area contributed by atoms with Crippen molar-refractivity contribution in [2.45, 2.75) is 260 Å². The van der Waals surface area contributed by atoms with Crippen LogP contribution < -0.4 is 0 Å². The average Bonchev–Trinajstić information content (AvgIpc) is 1.59. The summed E-state index contributed by atoms with van der Waals surface area (Å²) in [5, 5.41) is 0. The molecule has 0 bridgehead atoms. The highest BCUT2D eigenvalue weighted by Crippen LogP contribution is 2.50. The molecule has 6 nitrogen and oxygen atoms in total. The van der Waals surface area contributed by atoms with E-state index in [-0.39, 0.29) is 79.9 Å². The normalized spacial score (nSPS) is 18.5. The zero-order chi connectivity index (χ0) is 72.5. The van der Waals surface area contributed by atoms with Gasteiger partial charge < -0.3 is 0 Å². The van der Waals surface area contributed by atoms with E-state index in [9.17, 15) is 0 Å². The fraction of sp³-hybridized carbons (Fsp3) is 0.468. The van der Waals surface area contributed by atoms with Gasteiger partial charge in [-0.3, -0.25) is 9.15 Å². The van der Waals surface area contributed by atoms with Gasteiger partial charge in [-0.05, 0) is 132 Å². The smallest absolute Gasteiger partial charge is 0.258 e. The maximum absolute atomic E-state index is 2.87. The van der Waals surface area contributed by atoms with Crippen molar-refractivity contribution < 1.29 is 9.15 Å². The topological polar surface area (TPSA) is 19.0 Å². The molecule has 0 aromatic heterocycles. The summed E-state index contributed by atoms with van der Waals surface area (Å²) in [5.41, 5.74) is 21.5. The Morgan fingerprint density at radius 3 is 0.525 bits per heavy atom. The Morgan fingerprint density at radius 1 is 0.238 bits per heavy atom. The molecule has 101 heavy (non-hydrogen) atoms. The van der Waals surface area contributed by atoms with Crippen molar-refractivity contribution in [3.8, 4) is 0 Å². The molecule has 0 spiro atoms. The summed E-state index contributed by atoms with van der Waals surface area (Å²) in [6.07, 6.45) is 0. The Morgan fingerprint density at radius 2 is 0.386 bits per heavy atom. The quantitative estimate of drug-likeness (QED) is 0.114. The lowest BCUT2D eigenvalue weighted by molar-refractivity contribution is -0.671. The van der Waals surface area contributed by atoms with Crippen LogP contribution in [0, 0.1) is 0 Å². The van der Waals surface area contributed by atoms with Crippen LogP contribution in [0.4, 0.5) is 0 Å². The van der Waals surface area contributed by atoms with Crippen LogP contribution in [-0.2, 0) is 69.5 Å². The van der Waals surface area contributed by atoms with E-state index in [4.69, 9.17) is 0 Å². The van der Waals surface area contributed by atoms with E-state index in [0.717, 1.165) is 52.4 Å². The second-order valence-electron chi connectivity index (χ2n) is 38.2. The minimum Gasteiger partial charge on any atom is -0.258 e. The van der Waals surface area contributed by atoms with Crippen LogP contribution in [-0.4, -0.2) is 66.8 Å². The third-order valence-corrected chi connectivity index (χ3v) is 21.7. The number of halogens is 1. The summed E-state index contributed by atoms with van der Waals surface area (Å²) in [6, 6.07) is 76.5. The summed E-state index contributed by atoms with van der Waals surface area (Å²) in [7, 11) is 0. The average molecular weight is 1370 g/mol. The van der Waals surface area contributed by atoms with E-state index in [0.29, 0.717) is 0 Å². The second kappa shape index (κ2) is 28.7. The molecule has 536 valence electrons. The lowest BCUT2D eigenvalue weighted by Gasteiger charge is -2.31. The lowest BCUT2D eigenvalue weighted by Crippen LogP contribution is -2.51. The highest BCUT2D eigenvalue weighted by molar-refractivity contribution is 5.85. The van der Waals surface area contributed by atoms with Gasteiger partial charge in [0.25, 0.3) is 0 Å². The Hall–Kier alpha value is -7.41. The molecule has 0 amide bonds. The third kappa shape index (κ3) is 17.1. The van der Waals surface area contributed by atoms with Crippen molar-refractivity contribution in [3.05, 3.63) is 283 Å². The van der Waals surface area contributed by atoms with Gasteiger partial charge in [0.2, 0.25) is 0 Å². The zero-order valence-corrected chi connectivity index (χ0v) is 67.3. The molecule has 0 radical (unpaired) electrons. The number of nitrogens with zero attached hydrogens (tertiary/aromatic N) is 6. The molecule has 7 heteroatoms. The lowest BCUT2D eigenvalue weighted by atomic mass is 9.79. The van der Waals surface area contributed by atoms with E-state index in [1.165, 1.54) is 101 Å². The minimum atomic E-state index is -0.0442. The van der Waals surface area contributed by atoms with Crippen LogP contribution in [0.5, 0.6) is 0 Å². The van der Waals surface area contributed by atoms with Crippen molar-refractivity contribution in [1.29, 1.82) is 0 Å². The first-order valence-electron chi connectivity index (χ1n) is 37.7. The Kier molecular flexibility index (Phi) is 21.6. The van der Waals surface area contributed by atoms with E-state index in [1.54, 1.807) is 0 Å². The number of piperazine rings is 1. The maximum Gasteiger partial charge on any atom is 0.352 e. The van der Waals surface area contributed by atoms with Crippen molar-refractivity contribution in [2.75, 3.05) is 26.2 Å². The van der Waals surface area contributed by atoms with Gasteiger partial charge in [-0.25, -0.2) is 19.6 Å². The highest BCUT2D eigenvalue weighted by atomic mass is 35.5. The van der Waals surface area contributed by atoms with Crippen LogP contribution >= 0.6 is 12.4 Å². The summed E-state index contributed by atoms with van der Waals surface area (Å²) in [5.74, 6) is 2.63. The summed E-state index contributed by atoms with van der Waals surface area (Å²) in [4.78, 5) is 11.5. The first-order valence-corrected chi connectivity index (χ1v) is 37.7. The van der Waals surface area contributed by atoms with E-state index >= 15 is 0 Å². The van der Waals surface area contributed by atoms with Gasteiger partial charge >= 0.3 is 11.9 Å². The number of hydrogen-bond donors (Lipinski definition) is 0. The Bertz CT molecular complexity index is 3560. The number of guanidine groups is 2. The standard InChI is InChI=1S/C94H124N6.ClH/c1-87(2,3)73-49-65(50-74(57-73)88(4,5)6)61-97-81(69-37-29-25-30-38-69)82(70-39-31-26-32-40-70)98(62-66-51-75(89(7,8)9)58-76(52-66)90(10,11)12)85(97)95-45-47-96(48-46-95)86-99(63-67-53-77(91(13,14)15)59-78(54-67)92(16,17)18)83(71-41-33-27-34-42-71)84(72-43-35-28-36-44-72)100(86)64-68-55-79(93(19,20)21)60-80(56-68)94(22,23)24;/h25-44,49-60,81-84H,45-48,61-64H2,1-24H3;1H/q+2;/t81-,82-,83-,84-;/m1./s1. The molecule has 8 aromatic carbocycles. The monoisotopic (exact) mass is 1370 g/mol. The number of benzene rings is 8. The van der Waals surface area contributed by atoms with Gasteiger partial charge in [0.15, 0.2) is 0 Å². The van der Waals surface area contributed by atoms with Gasteiger partial charge in [-0.2, -0.15) is 0 Å². The van der Waals surface area contributed by atoms with Crippen molar-refractivity contribution >= 4 is 24.3 Å². The van der Waals surface area contributed by atoms with Crippen LogP contribution in [0.2, 0.25) is 0 Å². The van der Waals surface area contributed by atoms with Gasteiger partial charge in [0, 0.05) is 0 Å². The highest BCUT2D eigenvalue weighted by Gasteiger charge is 2.56. The fourth-order valence-electron chi connectivity index (χ4n) is 15.5. The molecule has 0 aliphatic carbocycles. The number of hydrogen-bond acceptors (Lipinski definition) is 0. The molecule has 0 saturated carbocycles. The zero-order valence-electron chi connectivity index (χ0n) is 66.5. The third-order valence-electron chi connectivity index (χ3n) is 21.7. The molecule has 4 atom stereocenters. The van der Waals surface area contributed by atoms with Crippen LogP contribution in [0.3, 0.4) is 0 Å². The van der Waals surface area contributed by atoms with Crippen molar-refractivity contribution in [1.82, 2.24) is 19.6 Å². The van der Waals surface area contributed by atoms with E-state index < -0.39 is 0 Å². The van der Waals surface area contributed by atoms with Crippen LogP contribution in [0.1, 0.15) is 279 Å². The second-order valence-corrected chi connectivity index (χ2v) is 38.2. The first kappa shape index (κ1) is 76.2. The predicted molar refractivity (Wildman–Crippen MR) is 432 cm³/mol. The van der Waals surface area contributed by atoms with Gasteiger partial charge in [-0.15, -0.1) is 12.4 Å². The first-order chi connectivity index (χ1) is 46.6. The maximum atomic E-state index is 2.87. The molecular weight excluding hydrogens is 1250 g/mol. The molecule has 11 rings (SSSR count). The molecule has 3 saturated heterocycles. The molecule has 8 aromatic rings. The molecule has 0 N–H and O–H groups in total. The van der Waals surface area contributed by atoms with Crippen molar-refractivity contribution in [2.24, 2.45) is 0 Å². The van der Waals surface area contributed by atoms with Crippen molar-refractivity contribution in [3.63, 3.8) is 0 Å². The van der Waals surface area contributed by atoms with Crippen LogP contribution in [0.15, 0.2) is 194 Å². The van der Waals surface area contributed by atoms with E-state index in [1.807, 2.05) is 0 Å². The fourth-order valence-corrected chi connectivity index (χ4v) is 15.5. The molecule has 3 fully saturated rings. The Labute approximate surface area is 618 Å². The predicted octanol–water partition coefficient (Wildman–Crippen LogP) is 22.5. The van der Waals surface area contributed by atoms with Gasteiger partial charge in [0.05, 0.1) is 52.4 Å². The molecule has 3 aliphatic heterocycles. The Balaban J connectivity index is 0.0000110. The molecular formula is C94H125ClN6+2. The van der Waals surface area contributed by atoms with E-state index in [2.05, 4.69) is 389 Å². The number of rotatable bonds is 12. The molecule has 3 heterocycles. The summed E-state index contributed by atoms with van der Waals surface area (Å²) >= 11 is 0.